The van der Waals surface area contributed by atoms with Crippen LogP contribution in [0.1, 0.15) is 37.4 Å². The van der Waals surface area contributed by atoms with E-state index < -0.39 is 21.5 Å². The van der Waals surface area contributed by atoms with Gasteiger partial charge in [-0.1, -0.05) is 29.8 Å². The Labute approximate surface area is 178 Å². The molecule has 0 bridgehead atoms. The van der Waals surface area contributed by atoms with Crippen molar-refractivity contribution in [2.24, 2.45) is 0 Å². The van der Waals surface area contributed by atoms with Crippen molar-refractivity contribution in [1.82, 2.24) is 5.32 Å². The largest absolute Gasteiger partial charge is 0.495 e. The summed E-state index contributed by atoms with van der Waals surface area (Å²) in [6.07, 6.45) is 1.64. The summed E-state index contributed by atoms with van der Waals surface area (Å²) in [6.45, 7) is 5.56. The van der Waals surface area contributed by atoms with Crippen molar-refractivity contribution >= 4 is 21.6 Å². The zero-order valence-electron chi connectivity index (χ0n) is 17.9. The van der Waals surface area contributed by atoms with Crippen molar-refractivity contribution in [2.45, 2.75) is 38.8 Å². The maximum absolute atomic E-state index is 12.9. The Morgan fingerprint density at radius 1 is 1.27 bits per heavy atom. The molecule has 1 heterocycles. The maximum atomic E-state index is 12.9. The standard InChI is InChI=1S/C22H28N2O5S/c1-15-10-11-19-16(12-15)17(13-22(2,3)29-19)23-21(25)14-24(30(5,26)27)18-8-6-7-9-20(18)28-4/h6-12,17H,13-14H2,1-5H3,(H,23,25)/t17-/m1/s1. The van der Waals surface area contributed by atoms with Crippen LogP contribution >= 0.6 is 0 Å². The molecule has 2 aromatic carbocycles. The molecule has 8 heteroatoms. The summed E-state index contributed by atoms with van der Waals surface area (Å²) >= 11 is 0. The molecule has 0 aliphatic carbocycles. The van der Waals surface area contributed by atoms with Crippen LogP contribution in [0.5, 0.6) is 11.5 Å². The smallest absolute Gasteiger partial charge is 0.241 e. The van der Waals surface area contributed by atoms with Crippen molar-refractivity contribution in [3.8, 4) is 11.5 Å². The number of sulfonamides is 1. The predicted octanol–water partition coefficient (Wildman–Crippen LogP) is 3.19. The fraction of sp³-hybridized carbons (Fsp3) is 0.409. The molecule has 0 saturated carbocycles. The molecular weight excluding hydrogens is 404 g/mol. The van der Waals surface area contributed by atoms with Crippen LogP contribution in [0.2, 0.25) is 0 Å². The Morgan fingerprint density at radius 2 is 1.97 bits per heavy atom. The van der Waals surface area contributed by atoms with Crippen LogP contribution in [0.3, 0.4) is 0 Å². The second-order valence-electron chi connectivity index (χ2n) is 8.17. The number of amides is 1. The molecule has 0 spiro atoms. The zero-order valence-corrected chi connectivity index (χ0v) is 18.7. The number of nitrogens with zero attached hydrogens (tertiary/aromatic N) is 1. The normalized spacial score (nSPS) is 17.4. The highest BCUT2D eigenvalue weighted by Crippen LogP contribution is 2.40. The minimum atomic E-state index is -3.71. The molecule has 1 atom stereocenters. The number of ether oxygens (including phenoxy) is 2. The zero-order chi connectivity index (χ0) is 22.1. The van der Waals surface area contributed by atoms with E-state index in [4.69, 9.17) is 9.47 Å². The number of aryl methyl sites for hydroxylation is 1. The first kappa shape index (κ1) is 22.0. The molecule has 0 fully saturated rings. The summed E-state index contributed by atoms with van der Waals surface area (Å²) in [5, 5.41) is 3.00. The number of rotatable bonds is 6. The Kier molecular flexibility index (Phi) is 5.99. The number of fused-ring (bicyclic) bond motifs is 1. The third-order valence-electron chi connectivity index (χ3n) is 5.00. The fourth-order valence-electron chi connectivity index (χ4n) is 3.69. The molecule has 1 aliphatic heterocycles. The first-order valence-corrected chi connectivity index (χ1v) is 11.5. The van der Waals surface area contributed by atoms with Crippen LogP contribution in [-0.2, 0) is 14.8 Å². The second kappa shape index (κ2) is 8.18. The van der Waals surface area contributed by atoms with E-state index >= 15 is 0 Å². The van der Waals surface area contributed by atoms with Gasteiger partial charge in [-0.05, 0) is 39.0 Å². The number of anilines is 1. The average Bonchev–Trinajstić information content (AvgIpc) is 2.65. The minimum absolute atomic E-state index is 0.282. The second-order valence-corrected chi connectivity index (χ2v) is 10.1. The van der Waals surface area contributed by atoms with E-state index in [-0.39, 0.29) is 12.6 Å². The van der Waals surface area contributed by atoms with E-state index in [1.54, 1.807) is 24.3 Å². The summed E-state index contributed by atoms with van der Waals surface area (Å²) in [6, 6.07) is 12.3. The van der Waals surface area contributed by atoms with Crippen LogP contribution in [0.4, 0.5) is 5.69 Å². The molecule has 1 aliphatic rings. The highest BCUT2D eigenvalue weighted by atomic mass is 32.2. The molecule has 3 rings (SSSR count). The van der Waals surface area contributed by atoms with Crippen molar-refractivity contribution in [2.75, 3.05) is 24.2 Å². The number of nitrogens with one attached hydrogen (secondary N) is 1. The van der Waals surface area contributed by atoms with Gasteiger partial charge in [-0.3, -0.25) is 9.10 Å². The van der Waals surface area contributed by atoms with E-state index in [1.807, 2.05) is 39.0 Å². The summed E-state index contributed by atoms with van der Waals surface area (Å²) < 4.78 is 37.3. The maximum Gasteiger partial charge on any atom is 0.241 e. The van der Waals surface area contributed by atoms with Gasteiger partial charge in [0, 0.05) is 12.0 Å². The molecule has 30 heavy (non-hydrogen) atoms. The quantitative estimate of drug-likeness (QED) is 0.758. The Balaban J connectivity index is 1.87. The summed E-state index contributed by atoms with van der Waals surface area (Å²) in [5.74, 6) is 0.706. The predicted molar refractivity (Wildman–Crippen MR) is 117 cm³/mol. The van der Waals surface area contributed by atoms with Crippen molar-refractivity contribution in [3.05, 3.63) is 53.6 Å². The molecule has 0 saturated heterocycles. The first-order chi connectivity index (χ1) is 14.0. The highest BCUT2D eigenvalue weighted by molar-refractivity contribution is 7.92. The summed E-state index contributed by atoms with van der Waals surface area (Å²) in [4.78, 5) is 12.9. The number of para-hydroxylation sites is 2. The number of carbonyl (C=O) groups is 1. The van der Waals surface area contributed by atoms with Gasteiger partial charge in [-0.2, -0.15) is 0 Å². The third kappa shape index (κ3) is 4.87. The fourth-order valence-corrected chi connectivity index (χ4v) is 4.55. The number of carbonyl (C=O) groups excluding carboxylic acids is 1. The minimum Gasteiger partial charge on any atom is -0.495 e. The van der Waals surface area contributed by atoms with E-state index in [2.05, 4.69) is 5.32 Å². The van der Waals surface area contributed by atoms with Gasteiger partial charge in [0.1, 0.15) is 23.6 Å². The van der Waals surface area contributed by atoms with Gasteiger partial charge in [-0.25, -0.2) is 8.42 Å². The van der Waals surface area contributed by atoms with Gasteiger partial charge in [0.15, 0.2) is 0 Å². The van der Waals surface area contributed by atoms with Gasteiger partial charge in [-0.15, -0.1) is 0 Å². The Morgan fingerprint density at radius 3 is 2.63 bits per heavy atom. The first-order valence-electron chi connectivity index (χ1n) is 9.70. The van der Waals surface area contributed by atoms with Crippen LogP contribution in [0.15, 0.2) is 42.5 Å². The lowest BCUT2D eigenvalue weighted by Gasteiger charge is -2.38. The summed E-state index contributed by atoms with van der Waals surface area (Å²) in [7, 11) is -2.25. The number of benzene rings is 2. The molecule has 1 amide bonds. The number of hydrogen-bond acceptors (Lipinski definition) is 5. The molecular formula is C22H28N2O5S. The lowest BCUT2D eigenvalue weighted by molar-refractivity contribution is -0.120. The van der Waals surface area contributed by atoms with Crippen LogP contribution in [-0.4, -0.2) is 39.8 Å². The lowest BCUT2D eigenvalue weighted by Crippen LogP contribution is -2.45. The van der Waals surface area contributed by atoms with Crippen molar-refractivity contribution in [1.29, 1.82) is 0 Å². The molecule has 0 unspecified atom stereocenters. The van der Waals surface area contributed by atoms with Crippen molar-refractivity contribution < 1.29 is 22.7 Å². The number of methoxy groups -OCH3 is 1. The van der Waals surface area contributed by atoms with Gasteiger partial charge in [0.2, 0.25) is 15.9 Å². The highest BCUT2D eigenvalue weighted by Gasteiger charge is 2.35. The van der Waals surface area contributed by atoms with Crippen LogP contribution in [0, 0.1) is 6.92 Å². The molecule has 7 nitrogen and oxygen atoms in total. The lowest BCUT2D eigenvalue weighted by atomic mass is 9.89. The molecule has 1 N–H and O–H groups in total. The van der Waals surface area contributed by atoms with Crippen molar-refractivity contribution in [3.63, 3.8) is 0 Å². The van der Waals surface area contributed by atoms with Gasteiger partial charge in [0.05, 0.1) is 25.1 Å². The van der Waals surface area contributed by atoms with Crippen LogP contribution in [0.25, 0.3) is 0 Å². The van der Waals surface area contributed by atoms with E-state index in [0.717, 1.165) is 27.4 Å². The third-order valence-corrected chi connectivity index (χ3v) is 6.13. The van der Waals surface area contributed by atoms with E-state index in [9.17, 15) is 13.2 Å². The SMILES string of the molecule is COc1ccccc1N(CC(=O)N[C@@H]1CC(C)(C)Oc2ccc(C)cc21)S(C)(=O)=O. The van der Waals surface area contributed by atoms with Gasteiger partial charge in [0.25, 0.3) is 0 Å². The summed E-state index contributed by atoms with van der Waals surface area (Å²) in [5.41, 5.74) is 1.81. The molecule has 162 valence electrons. The van der Waals surface area contributed by atoms with Crippen LogP contribution < -0.4 is 19.1 Å². The molecule has 0 radical (unpaired) electrons. The van der Waals surface area contributed by atoms with E-state index in [0.29, 0.717) is 17.9 Å². The molecule has 2 aromatic rings. The molecule has 0 aromatic heterocycles. The van der Waals surface area contributed by atoms with Gasteiger partial charge >= 0.3 is 0 Å². The average molecular weight is 433 g/mol. The Hall–Kier alpha value is -2.74. The topological polar surface area (TPSA) is 84.9 Å². The monoisotopic (exact) mass is 432 g/mol. The number of hydrogen-bond donors (Lipinski definition) is 1. The van der Waals surface area contributed by atoms with Gasteiger partial charge < -0.3 is 14.8 Å². The Bertz CT molecular complexity index is 1050. The van der Waals surface area contributed by atoms with E-state index in [1.165, 1.54) is 7.11 Å².